The summed E-state index contributed by atoms with van der Waals surface area (Å²) in [4.78, 5) is 2.93. The van der Waals surface area contributed by atoms with Gasteiger partial charge in [0, 0.05) is 23.6 Å². The Labute approximate surface area is 271 Å². The summed E-state index contributed by atoms with van der Waals surface area (Å²) in [7, 11) is -2.51. The van der Waals surface area contributed by atoms with Crippen LogP contribution in [0.3, 0.4) is 0 Å². The molecule has 2 saturated heterocycles. The van der Waals surface area contributed by atoms with Crippen LogP contribution in [0, 0.1) is 17.3 Å². The van der Waals surface area contributed by atoms with Crippen molar-refractivity contribution in [2.45, 2.75) is 68.1 Å². The monoisotopic (exact) mass is 676 g/mol. The van der Waals surface area contributed by atoms with Crippen LogP contribution in [0.15, 0.2) is 41.3 Å². The average Bonchev–Trinajstić information content (AvgIpc) is 3.35. The molecule has 46 heavy (non-hydrogen) atoms. The first-order valence-electron chi connectivity index (χ1n) is 15.6. The molecule has 13 heteroatoms. The average molecular weight is 677 g/mol. The highest BCUT2D eigenvalue weighted by Crippen LogP contribution is 2.42. The number of anilines is 2. The number of nitrogens with two attached hydrogens (primary N) is 1. The Morgan fingerprint density at radius 3 is 2.48 bits per heavy atom. The van der Waals surface area contributed by atoms with E-state index in [1.807, 2.05) is 12.1 Å². The minimum Gasteiger partial charge on any atom is -0.495 e. The number of likely N-dealkylation sites (tertiary alicyclic amines) is 1. The van der Waals surface area contributed by atoms with Crippen molar-refractivity contribution in [3.63, 3.8) is 0 Å². The second-order valence-electron chi connectivity index (χ2n) is 12.6. The van der Waals surface area contributed by atoms with Crippen molar-refractivity contribution in [1.82, 2.24) is 4.90 Å². The van der Waals surface area contributed by atoms with Gasteiger partial charge >= 0.3 is 6.18 Å². The normalized spacial score (nSPS) is 21.8. The summed E-state index contributed by atoms with van der Waals surface area (Å²) in [5, 5.41) is 12.5. The predicted molar refractivity (Wildman–Crippen MR) is 175 cm³/mol. The van der Waals surface area contributed by atoms with Gasteiger partial charge in [-0.1, -0.05) is 24.0 Å². The molecule has 0 amide bonds. The first-order chi connectivity index (χ1) is 21.9. The Hall–Kier alpha value is -3.02. The van der Waals surface area contributed by atoms with Gasteiger partial charge in [0.1, 0.15) is 5.75 Å². The smallest absolute Gasteiger partial charge is 0.393 e. The number of nitrogens with zero attached hydrogens (tertiary/aromatic N) is 1. The molecule has 0 unspecified atom stereocenters. The third-order valence-electron chi connectivity index (χ3n) is 9.51. The van der Waals surface area contributed by atoms with E-state index in [0.717, 1.165) is 62.4 Å². The lowest BCUT2D eigenvalue weighted by atomic mass is 9.76. The van der Waals surface area contributed by atoms with E-state index in [9.17, 15) is 21.6 Å². The maximum absolute atomic E-state index is 13.7. The molecule has 0 bridgehead atoms. The second-order valence-corrected chi connectivity index (χ2v) is 15.2. The Morgan fingerprint density at radius 1 is 1.11 bits per heavy atom. The Morgan fingerprint density at radius 2 is 1.85 bits per heavy atom. The topological polar surface area (TPSA) is 106 Å². The standard InChI is InChI=1S/C33H39F3N4O4S2/c1-43-29-18-24(46(37,41)42)11-12-27(29)38-15-3-6-30-26(19-33(34,35)36)25-4-2-5-28(31(25)45-30)39-22-7-9-23(10-8-22)40-16-13-32(14-17-40)20-44-21-32/h2,4-5,11-12,18,22-23,38-39H,7-10,13-17,19-21H2,1H3,(H2,37,41,42). The molecule has 3 heterocycles. The third-order valence-corrected chi connectivity index (χ3v) is 11.6. The highest BCUT2D eigenvalue weighted by atomic mass is 32.2. The molecule has 1 spiro atoms. The zero-order valence-electron chi connectivity index (χ0n) is 25.7. The number of methoxy groups -OCH3 is 1. The molecular weight excluding hydrogens is 638 g/mol. The van der Waals surface area contributed by atoms with Crippen molar-refractivity contribution in [2.24, 2.45) is 10.6 Å². The Kier molecular flexibility index (Phi) is 9.47. The van der Waals surface area contributed by atoms with E-state index in [-0.39, 0.29) is 28.8 Å². The van der Waals surface area contributed by atoms with Gasteiger partial charge in [-0.05, 0) is 80.8 Å². The zero-order chi connectivity index (χ0) is 32.5. The fraction of sp³-hybridized carbons (Fsp3) is 0.515. The van der Waals surface area contributed by atoms with E-state index in [4.69, 9.17) is 14.6 Å². The molecule has 2 aliphatic heterocycles. The van der Waals surface area contributed by atoms with Crippen molar-refractivity contribution >= 4 is 42.8 Å². The van der Waals surface area contributed by atoms with Crippen LogP contribution in [0.2, 0.25) is 0 Å². The van der Waals surface area contributed by atoms with Gasteiger partial charge in [-0.2, -0.15) is 13.2 Å². The Balaban J connectivity index is 1.14. The van der Waals surface area contributed by atoms with Crippen LogP contribution in [-0.2, 0) is 21.2 Å². The number of sulfonamides is 1. The van der Waals surface area contributed by atoms with E-state index in [0.29, 0.717) is 27.4 Å². The number of hydrogen-bond donors (Lipinski definition) is 3. The maximum Gasteiger partial charge on any atom is 0.393 e. The van der Waals surface area contributed by atoms with Gasteiger partial charge in [-0.25, -0.2) is 13.6 Å². The van der Waals surface area contributed by atoms with Gasteiger partial charge in [0.15, 0.2) is 0 Å². The van der Waals surface area contributed by atoms with Gasteiger partial charge in [0.05, 0.1) is 59.1 Å². The van der Waals surface area contributed by atoms with Crippen LogP contribution in [0.25, 0.3) is 10.1 Å². The molecule has 3 aromatic rings. The molecular formula is C33H39F3N4O4S2. The van der Waals surface area contributed by atoms with Crippen molar-refractivity contribution in [1.29, 1.82) is 0 Å². The van der Waals surface area contributed by atoms with Crippen LogP contribution in [0.1, 0.15) is 49.0 Å². The van der Waals surface area contributed by atoms with E-state index < -0.39 is 22.6 Å². The number of nitrogens with one attached hydrogen (secondary N) is 2. The van der Waals surface area contributed by atoms with Gasteiger partial charge < -0.3 is 25.0 Å². The lowest BCUT2D eigenvalue weighted by Gasteiger charge is -2.49. The molecule has 8 nitrogen and oxygen atoms in total. The molecule has 4 N–H and O–H groups in total. The summed E-state index contributed by atoms with van der Waals surface area (Å²) in [6.45, 7) is 4.21. The summed E-state index contributed by atoms with van der Waals surface area (Å²) < 4.78 is 76.0. The summed E-state index contributed by atoms with van der Waals surface area (Å²) in [5.41, 5.74) is 1.94. The second kappa shape index (κ2) is 13.2. The number of alkyl halides is 3. The van der Waals surface area contributed by atoms with Crippen molar-refractivity contribution < 1.29 is 31.1 Å². The van der Waals surface area contributed by atoms with Crippen LogP contribution >= 0.6 is 11.3 Å². The number of benzene rings is 2. The fourth-order valence-electron chi connectivity index (χ4n) is 6.87. The first kappa shape index (κ1) is 32.9. The summed E-state index contributed by atoms with van der Waals surface area (Å²) in [5.74, 6) is 6.15. The number of thiophene rings is 1. The molecule has 0 atom stereocenters. The van der Waals surface area contributed by atoms with E-state index >= 15 is 0 Å². The largest absolute Gasteiger partial charge is 0.495 e. The Bertz CT molecular complexity index is 1730. The van der Waals surface area contributed by atoms with Gasteiger partial charge in [0.2, 0.25) is 10.0 Å². The van der Waals surface area contributed by atoms with Gasteiger partial charge in [-0.15, -0.1) is 11.3 Å². The highest BCUT2D eigenvalue weighted by molar-refractivity contribution is 7.89. The minimum atomic E-state index is -4.39. The van der Waals surface area contributed by atoms with E-state index in [2.05, 4.69) is 27.4 Å². The van der Waals surface area contributed by atoms with Gasteiger partial charge in [0.25, 0.3) is 0 Å². The zero-order valence-corrected chi connectivity index (χ0v) is 27.3. The summed E-state index contributed by atoms with van der Waals surface area (Å²) in [6.07, 6.45) is 1.25. The molecule has 248 valence electrons. The molecule has 1 aliphatic carbocycles. The van der Waals surface area contributed by atoms with Crippen LogP contribution < -0.4 is 20.5 Å². The number of primary sulfonamides is 1. The van der Waals surface area contributed by atoms with Crippen molar-refractivity contribution in [2.75, 3.05) is 50.6 Å². The molecule has 3 aliphatic rings. The summed E-state index contributed by atoms with van der Waals surface area (Å²) >= 11 is 1.28. The molecule has 3 fully saturated rings. The SMILES string of the molecule is COc1cc(S(N)(=O)=O)ccc1NCC#Cc1sc2c(NC3CCC(N4CCC5(CC4)COC5)CC3)cccc2c1CC(F)(F)F. The number of piperidine rings is 1. The highest BCUT2D eigenvalue weighted by Gasteiger charge is 2.42. The lowest BCUT2D eigenvalue weighted by Crippen LogP contribution is -2.53. The fourth-order valence-corrected chi connectivity index (χ4v) is 8.57. The number of ether oxygens (including phenoxy) is 2. The number of halogens is 3. The van der Waals surface area contributed by atoms with Crippen LogP contribution in [-0.4, -0.2) is 71.5 Å². The summed E-state index contributed by atoms with van der Waals surface area (Å²) in [6, 6.07) is 10.5. The molecule has 1 saturated carbocycles. The maximum atomic E-state index is 13.7. The van der Waals surface area contributed by atoms with Crippen molar-refractivity contribution in [3.8, 4) is 17.6 Å². The van der Waals surface area contributed by atoms with Gasteiger partial charge in [-0.3, -0.25) is 0 Å². The minimum absolute atomic E-state index is 0.0971. The lowest BCUT2D eigenvalue weighted by molar-refractivity contribution is -0.143. The quantitative estimate of drug-likeness (QED) is 0.253. The molecule has 2 aromatic carbocycles. The number of fused-ring (bicyclic) bond motifs is 1. The number of hydrogen-bond acceptors (Lipinski definition) is 8. The molecule has 0 radical (unpaired) electrons. The third kappa shape index (κ3) is 7.42. The van der Waals surface area contributed by atoms with Crippen LogP contribution in [0.5, 0.6) is 5.75 Å². The van der Waals surface area contributed by atoms with Crippen LogP contribution in [0.4, 0.5) is 24.5 Å². The number of rotatable bonds is 8. The van der Waals surface area contributed by atoms with E-state index in [1.54, 1.807) is 6.07 Å². The van der Waals surface area contributed by atoms with Crippen molar-refractivity contribution in [3.05, 3.63) is 46.8 Å². The van der Waals surface area contributed by atoms with E-state index in [1.165, 1.54) is 49.5 Å². The predicted octanol–water partition coefficient (Wildman–Crippen LogP) is 5.96. The molecule has 6 rings (SSSR count). The first-order valence-corrected chi connectivity index (χ1v) is 17.9. The molecule has 1 aromatic heterocycles.